The highest BCUT2D eigenvalue weighted by Gasteiger charge is 2.19. The van der Waals surface area contributed by atoms with Gasteiger partial charge < -0.3 is 26.0 Å². The lowest BCUT2D eigenvalue weighted by Crippen LogP contribution is -2.40. The van der Waals surface area contributed by atoms with Crippen LogP contribution in [0.25, 0.3) is 0 Å². The molecule has 0 bridgehead atoms. The van der Waals surface area contributed by atoms with Gasteiger partial charge in [-0.3, -0.25) is 14.4 Å². The average molecular weight is 358 g/mol. The molecule has 0 aromatic heterocycles. The summed E-state index contributed by atoms with van der Waals surface area (Å²) in [7, 11) is 2.96. The molecular formula is C16H30N4O5. The topological polar surface area (TPSA) is 126 Å². The highest BCUT2D eigenvalue weighted by Crippen LogP contribution is 2.00. The minimum atomic E-state index is -0.808. The highest BCUT2D eigenvalue weighted by molar-refractivity contribution is 5.81. The molecule has 0 saturated heterocycles. The van der Waals surface area contributed by atoms with Crippen molar-refractivity contribution in [2.24, 2.45) is 0 Å². The van der Waals surface area contributed by atoms with E-state index in [1.807, 2.05) is 0 Å². The first-order valence-electron chi connectivity index (χ1n) is 8.45. The monoisotopic (exact) mass is 358 g/mol. The number of ether oxygens (including phenoxy) is 1. The molecule has 4 N–H and O–H groups in total. The van der Waals surface area contributed by atoms with E-state index in [1.54, 1.807) is 14.0 Å². The van der Waals surface area contributed by atoms with Gasteiger partial charge in [0.1, 0.15) is 6.04 Å². The van der Waals surface area contributed by atoms with Crippen LogP contribution in [-0.4, -0.2) is 63.5 Å². The molecule has 0 saturated carbocycles. The summed E-state index contributed by atoms with van der Waals surface area (Å²) in [6.07, 6.45) is 3.25. The van der Waals surface area contributed by atoms with E-state index in [-0.39, 0.29) is 30.7 Å². The fourth-order valence-corrected chi connectivity index (χ4v) is 2.01. The maximum atomic E-state index is 11.7. The second-order valence-corrected chi connectivity index (χ2v) is 5.61. The predicted octanol–water partition coefficient (Wildman–Crippen LogP) is -0.935. The summed E-state index contributed by atoms with van der Waals surface area (Å²) >= 11 is 0. The molecule has 0 fully saturated rings. The molecular weight excluding hydrogens is 328 g/mol. The van der Waals surface area contributed by atoms with E-state index < -0.39 is 12.0 Å². The molecule has 25 heavy (non-hydrogen) atoms. The third kappa shape index (κ3) is 11.1. The van der Waals surface area contributed by atoms with Crippen LogP contribution >= 0.6 is 0 Å². The van der Waals surface area contributed by atoms with Crippen molar-refractivity contribution in [2.45, 2.75) is 51.1 Å². The van der Waals surface area contributed by atoms with Crippen LogP contribution < -0.4 is 21.3 Å². The zero-order valence-electron chi connectivity index (χ0n) is 15.2. The quantitative estimate of drug-likeness (QED) is 0.180. The molecule has 0 unspecified atom stereocenters. The first-order valence-corrected chi connectivity index (χ1v) is 8.45. The number of carbonyl (C=O) groups is 4. The van der Waals surface area contributed by atoms with Gasteiger partial charge in [0.2, 0.25) is 18.2 Å². The van der Waals surface area contributed by atoms with Crippen LogP contribution in [0.5, 0.6) is 0 Å². The summed E-state index contributed by atoms with van der Waals surface area (Å²) in [5, 5.41) is 10.8. The van der Waals surface area contributed by atoms with E-state index in [4.69, 9.17) is 0 Å². The third-order valence-corrected chi connectivity index (χ3v) is 3.72. The van der Waals surface area contributed by atoms with Crippen molar-refractivity contribution in [3.63, 3.8) is 0 Å². The second-order valence-electron chi connectivity index (χ2n) is 5.61. The van der Waals surface area contributed by atoms with Crippen molar-refractivity contribution < 1.29 is 23.9 Å². The van der Waals surface area contributed by atoms with Crippen LogP contribution in [0.2, 0.25) is 0 Å². The molecule has 0 rings (SSSR count). The number of nitrogens with one attached hydrogen (secondary N) is 4. The second kappa shape index (κ2) is 14.2. The van der Waals surface area contributed by atoms with E-state index in [2.05, 4.69) is 26.0 Å². The van der Waals surface area contributed by atoms with Crippen molar-refractivity contribution >= 4 is 24.2 Å². The smallest absolute Gasteiger partial charge is 0.328 e. The van der Waals surface area contributed by atoms with Gasteiger partial charge in [-0.1, -0.05) is 0 Å². The number of amides is 3. The molecule has 2 atom stereocenters. The van der Waals surface area contributed by atoms with Gasteiger partial charge in [-0.05, 0) is 39.7 Å². The summed E-state index contributed by atoms with van der Waals surface area (Å²) in [5.74, 6) is -0.785. The van der Waals surface area contributed by atoms with Gasteiger partial charge in [-0.25, -0.2) is 4.79 Å². The Bertz CT molecular complexity index is 431. The number of unbranched alkanes of at least 4 members (excludes halogenated alkanes) is 2. The largest absolute Gasteiger partial charge is 0.467 e. The molecule has 9 heteroatoms. The highest BCUT2D eigenvalue weighted by atomic mass is 16.5. The van der Waals surface area contributed by atoms with Crippen LogP contribution in [0, 0.1) is 0 Å². The summed E-state index contributed by atoms with van der Waals surface area (Å²) in [4.78, 5) is 45.0. The first kappa shape index (κ1) is 22.8. The van der Waals surface area contributed by atoms with Crippen LogP contribution in [0.1, 0.15) is 39.0 Å². The van der Waals surface area contributed by atoms with E-state index in [0.717, 1.165) is 19.3 Å². The predicted molar refractivity (Wildman–Crippen MR) is 92.6 cm³/mol. The van der Waals surface area contributed by atoms with Gasteiger partial charge in [-0.2, -0.15) is 0 Å². The minimum absolute atomic E-state index is 0.0279. The Kier molecular flexibility index (Phi) is 13.0. The molecule has 0 heterocycles. The van der Waals surface area contributed by atoms with Crippen LogP contribution in [0.4, 0.5) is 0 Å². The maximum absolute atomic E-state index is 11.7. The maximum Gasteiger partial charge on any atom is 0.328 e. The molecule has 0 aliphatic carbocycles. The Morgan fingerprint density at radius 2 is 1.72 bits per heavy atom. The fourth-order valence-electron chi connectivity index (χ4n) is 2.01. The molecule has 0 aromatic carbocycles. The van der Waals surface area contributed by atoms with E-state index in [0.29, 0.717) is 19.5 Å². The summed E-state index contributed by atoms with van der Waals surface area (Å²) in [6, 6.07) is -1.02. The third-order valence-electron chi connectivity index (χ3n) is 3.72. The lowest BCUT2D eigenvalue weighted by Gasteiger charge is -2.13. The van der Waals surface area contributed by atoms with Gasteiger partial charge in [0.05, 0.1) is 13.2 Å². The first-order chi connectivity index (χ1) is 12.0. The van der Waals surface area contributed by atoms with E-state index in [1.165, 1.54) is 7.11 Å². The zero-order chi connectivity index (χ0) is 19.1. The normalized spacial score (nSPS) is 12.6. The number of likely N-dealkylation sites (N-methyl/N-ethyl adjacent to an activating group) is 1. The molecule has 3 amide bonds. The van der Waals surface area contributed by atoms with Gasteiger partial charge >= 0.3 is 5.97 Å². The Morgan fingerprint density at radius 3 is 2.28 bits per heavy atom. The van der Waals surface area contributed by atoms with Crippen LogP contribution in [0.3, 0.4) is 0 Å². The number of esters is 1. The van der Waals surface area contributed by atoms with Crippen molar-refractivity contribution in [1.29, 1.82) is 0 Å². The van der Waals surface area contributed by atoms with Crippen molar-refractivity contribution in [3.8, 4) is 0 Å². The standard InChI is InChI=1S/C16H30N4O5/c1-12(17-2)15(23)19-10-6-4-5-9-18-14(22)8-7-13(20-11-21)16(24)25-3/h11-13,17H,4-10H2,1-3H3,(H,18,22)(H,19,23)(H,20,21)/t12-,13+/m0/s1. The number of hydrogen-bond acceptors (Lipinski definition) is 6. The molecule has 9 nitrogen and oxygen atoms in total. The van der Waals surface area contributed by atoms with Gasteiger partial charge in [0.15, 0.2) is 0 Å². The van der Waals surface area contributed by atoms with Crippen molar-refractivity contribution in [2.75, 3.05) is 27.2 Å². The minimum Gasteiger partial charge on any atom is -0.467 e. The molecule has 0 aromatic rings. The van der Waals surface area contributed by atoms with Crippen molar-refractivity contribution in [1.82, 2.24) is 21.3 Å². The Balaban J connectivity index is 3.71. The molecule has 0 aliphatic heterocycles. The fraction of sp³-hybridized carbons (Fsp3) is 0.750. The van der Waals surface area contributed by atoms with Crippen LogP contribution in [-0.2, 0) is 23.9 Å². The zero-order valence-corrected chi connectivity index (χ0v) is 15.2. The average Bonchev–Trinajstić information content (AvgIpc) is 2.62. The SMILES string of the molecule is CN[C@@H](C)C(=O)NCCCCCNC(=O)CC[C@@H](NC=O)C(=O)OC. The lowest BCUT2D eigenvalue weighted by molar-refractivity contribution is -0.144. The summed E-state index contributed by atoms with van der Waals surface area (Å²) < 4.78 is 4.55. The summed E-state index contributed by atoms with van der Waals surface area (Å²) in [5.41, 5.74) is 0. The molecule has 0 radical (unpaired) electrons. The van der Waals surface area contributed by atoms with Gasteiger partial charge in [-0.15, -0.1) is 0 Å². The van der Waals surface area contributed by atoms with E-state index in [9.17, 15) is 19.2 Å². The Hall–Kier alpha value is -2.16. The van der Waals surface area contributed by atoms with Gasteiger partial charge in [0.25, 0.3) is 0 Å². The van der Waals surface area contributed by atoms with Gasteiger partial charge in [0, 0.05) is 19.5 Å². The lowest BCUT2D eigenvalue weighted by atomic mass is 10.1. The van der Waals surface area contributed by atoms with Crippen molar-refractivity contribution in [3.05, 3.63) is 0 Å². The molecule has 144 valence electrons. The Labute approximate surface area is 148 Å². The molecule has 0 spiro atoms. The summed E-state index contributed by atoms with van der Waals surface area (Å²) in [6.45, 7) is 2.93. The van der Waals surface area contributed by atoms with E-state index >= 15 is 0 Å². The number of carbonyl (C=O) groups excluding carboxylic acids is 4. The number of hydrogen-bond donors (Lipinski definition) is 4. The van der Waals surface area contributed by atoms with Crippen LogP contribution in [0.15, 0.2) is 0 Å². The Morgan fingerprint density at radius 1 is 1.08 bits per heavy atom. The molecule has 0 aliphatic rings. The number of rotatable bonds is 14. The number of methoxy groups -OCH3 is 1.